The van der Waals surface area contributed by atoms with Gasteiger partial charge in [0.15, 0.2) is 6.61 Å². The fraction of sp³-hybridized carbons (Fsp3) is 0.364. The molecule has 0 saturated carbocycles. The second-order valence-electron chi connectivity index (χ2n) is 7.56. The predicted octanol–water partition coefficient (Wildman–Crippen LogP) is 3.05. The summed E-state index contributed by atoms with van der Waals surface area (Å²) in [6, 6.07) is 12.0. The average Bonchev–Trinajstić information content (AvgIpc) is 2.74. The van der Waals surface area contributed by atoms with Crippen LogP contribution in [0.2, 0.25) is 0 Å². The number of fused-ring (bicyclic) bond motifs is 1. The molecule has 7 heteroatoms. The van der Waals surface area contributed by atoms with Gasteiger partial charge in [0, 0.05) is 24.8 Å². The highest BCUT2D eigenvalue weighted by atomic mass is 19.1. The quantitative estimate of drug-likeness (QED) is 0.814. The normalized spacial score (nSPS) is 16.6. The van der Waals surface area contributed by atoms with Gasteiger partial charge in [-0.1, -0.05) is 12.1 Å². The maximum Gasteiger partial charge on any atom is 0.262 e. The summed E-state index contributed by atoms with van der Waals surface area (Å²) in [6.07, 6.45) is 2.83. The van der Waals surface area contributed by atoms with Crippen LogP contribution in [0.4, 0.5) is 15.8 Å². The van der Waals surface area contributed by atoms with E-state index in [0.29, 0.717) is 17.4 Å². The number of likely N-dealkylation sites (tertiary alicyclic amines) is 1. The van der Waals surface area contributed by atoms with Crippen molar-refractivity contribution in [2.75, 3.05) is 36.9 Å². The summed E-state index contributed by atoms with van der Waals surface area (Å²) in [5.41, 5.74) is 2.56. The number of anilines is 2. The number of ether oxygens (including phenoxy) is 1. The minimum atomic E-state index is -0.211. The van der Waals surface area contributed by atoms with Crippen molar-refractivity contribution < 1.29 is 18.7 Å². The molecule has 0 aromatic heterocycles. The van der Waals surface area contributed by atoms with E-state index in [1.54, 1.807) is 12.1 Å². The molecule has 0 spiro atoms. The third-order valence-electron chi connectivity index (χ3n) is 5.46. The Labute approximate surface area is 169 Å². The summed E-state index contributed by atoms with van der Waals surface area (Å²) in [7, 11) is 0. The largest absolute Gasteiger partial charge is 0.482 e. The summed E-state index contributed by atoms with van der Waals surface area (Å²) in [4.78, 5) is 25.8. The Morgan fingerprint density at radius 1 is 1.17 bits per heavy atom. The van der Waals surface area contributed by atoms with E-state index in [2.05, 4.69) is 10.6 Å². The highest BCUT2D eigenvalue weighted by Gasteiger charge is 2.23. The van der Waals surface area contributed by atoms with Crippen LogP contribution < -0.4 is 15.4 Å². The summed E-state index contributed by atoms with van der Waals surface area (Å²) in [6.45, 7) is 1.70. The zero-order valence-corrected chi connectivity index (χ0v) is 16.1. The van der Waals surface area contributed by atoms with Crippen LogP contribution in [-0.2, 0) is 16.0 Å². The highest BCUT2D eigenvalue weighted by Crippen LogP contribution is 2.30. The third kappa shape index (κ3) is 4.85. The summed E-state index contributed by atoms with van der Waals surface area (Å²) < 4.78 is 18.4. The van der Waals surface area contributed by atoms with Gasteiger partial charge in [-0.2, -0.15) is 0 Å². The standard InChI is InChI=1S/C22H24FN3O3/c23-17-3-1-15(2-4-17)11-16-7-9-26(10-8-16)22(28)13-24-18-5-6-19-20(12-18)29-14-21(27)25-19/h1-6,12,16,24H,7-11,13-14H2,(H,25,27). The molecular formula is C22H24FN3O3. The zero-order chi connectivity index (χ0) is 20.2. The van der Waals surface area contributed by atoms with Gasteiger partial charge in [0.2, 0.25) is 5.91 Å². The van der Waals surface area contributed by atoms with Crippen molar-refractivity contribution in [3.63, 3.8) is 0 Å². The number of carbonyl (C=O) groups excluding carboxylic acids is 2. The van der Waals surface area contributed by atoms with Crippen LogP contribution in [0.5, 0.6) is 5.75 Å². The summed E-state index contributed by atoms with van der Waals surface area (Å²) >= 11 is 0. The third-order valence-corrected chi connectivity index (χ3v) is 5.46. The highest BCUT2D eigenvalue weighted by molar-refractivity contribution is 5.95. The smallest absolute Gasteiger partial charge is 0.262 e. The lowest BCUT2D eigenvalue weighted by Crippen LogP contribution is -2.41. The van der Waals surface area contributed by atoms with Gasteiger partial charge in [0.05, 0.1) is 12.2 Å². The molecule has 2 aliphatic rings. The van der Waals surface area contributed by atoms with Gasteiger partial charge in [-0.25, -0.2) is 4.39 Å². The van der Waals surface area contributed by atoms with Gasteiger partial charge in [-0.3, -0.25) is 9.59 Å². The van der Waals surface area contributed by atoms with Crippen molar-refractivity contribution in [1.29, 1.82) is 0 Å². The zero-order valence-electron chi connectivity index (χ0n) is 16.1. The number of benzene rings is 2. The minimum Gasteiger partial charge on any atom is -0.482 e. The Morgan fingerprint density at radius 2 is 1.93 bits per heavy atom. The van der Waals surface area contributed by atoms with Gasteiger partial charge < -0.3 is 20.3 Å². The number of carbonyl (C=O) groups is 2. The number of amides is 2. The molecule has 29 heavy (non-hydrogen) atoms. The second kappa shape index (κ2) is 8.51. The van der Waals surface area contributed by atoms with Crippen LogP contribution >= 0.6 is 0 Å². The topological polar surface area (TPSA) is 70.7 Å². The number of nitrogens with one attached hydrogen (secondary N) is 2. The van der Waals surface area contributed by atoms with E-state index in [1.807, 2.05) is 23.1 Å². The molecule has 4 rings (SSSR count). The molecule has 6 nitrogen and oxygen atoms in total. The van der Waals surface area contributed by atoms with Crippen molar-refractivity contribution in [2.45, 2.75) is 19.3 Å². The first-order valence-corrected chi connectivity index (χ1v) is 9.89. The number of rotatable bonds is 5. The van der Waals surface area contributed by atoms with Gasteiger partial charge in [-0.05, 0) is 55.0 Å². The van der Waals surface area contributed by atoms with Crippen LogP contribution in [0, 0.1) is 11.7 Å². The molecule has 2 heterocycles. The SMILES string of the molecule is O=C1COc2cc(NCC(=O)N3CCC(Cc4ccc(F)cc4)CC3)ccc2N1. The number of hydrogen-bond donors (Lipinski definition) is 2. The molecular weight excluding hydrogens is 373 g/mol. The Bertz CT molecular complexity index is 893. The predicted molar refractivity (Wildman–Crippen MR) is 108 cm³/mol. The van der Waals surface area contributed by atoms with Crippen LogP contribution in [0.15, 0.2) is 42.5 Å². The van der Waals surface area contributed by atoms with E-state index in [9.17, 15) is 14.0 Å². The van der Waals surface area contributed by atoms with Crippen LogP contribution in [0.3, 0.4) is 0 Å². The number of halogens is 1. The molecule has 0 unspecified atom stereocenters. The van der Waals surface area contributed by atoms with Gasteiger partial charge in [-0.15, -0.1) is 0 Å². The first kappa shape index (κ1) is 19.2. The maximum absolute atomic E-state index is 13.0. The molecule has 152 valence electrons. The number of piperidine rings is 1. The summed E-state index contributed by atoms with van der Waals surface area (Å²) in [5, 5.41) is 5.88. The molecule has 2 amide bonds. The molecule has 0 radical (unpaired) electrons. The first-order valence-electron chi connectivity index (χ1n) is 9.89. The van der Waals surface area contributed by atoms with Crippen molar-refractivity contribution in [3.8, 4) is 5.75 Å². The van der Waals surface area contributed by atoms with E-state index >= 15 is 0 Å². The van der Waals surface area contributed by atoms with Crippen molar-refractivity contribution in [2.24, 2.45) is 5.92 Å². The molecule has 2 aromatic rings. The second-order valence-corrected chi connectivity index (χ2v) is 7.56. The summed E-state index contributed by atoms with van der Waals surface area (Å²) in [5.74, 6) is 0.805. The number of hydrogen-bond acceptors (Lipinski definition) is 4. The van der Waals surface area contributed by atoms with Crippen molar-refractivity contribution >= 4 is 23.2 Å². The maximum atomic E-state index is 13.0. The van der Waals surface area contributed by atoms with Crippen molar-refractivity contribution in [1.82, 2.24) is 4.90 Å². The molecule has 1 fully saturated rings. The van der Waals surface area contributed by atoms with Gasteiger partial charge in [0.1, 0.15) is 11.6 Å². The Morgan fingerprint density at radius 3 is 2.69 bits per heavy atom. The average molecular weight is 397 g/mol. The van der Waals surface area contributed by atoms with E-state index in [-0.39, 0.29) is 30.8 Å². The van der Waals surface area contributed by atoms with Gasteiger partial charge >= 0.3 is 0 Å². The Hall–Kier alpha value is -3.09. The van der Waals surface area contributed by atoms with Gasteiger partial charge in [0.25, 0.3) is 5.91 Å². The van der Waals surface area contributed by atoms with E-state index in [1.165, 1.54) is 12.1 Å². The molecule has 2 aliphatic heterocycles. The lowest BCUT2D eigenvalue weighted by Gasteiger charge is -2.32. The van der Waals surface area contributed by atoms with Crippen molar-refractivity contribution in [3.05, 3.63) is 53.8 Å². The molecule has 0 atom stereocenters. The Kier molecular flexibility index (Phi) is 5.64. The Balaban J connectivity index is 1.24. The minimum absolute atomic E-state index is 0.00223. The van der Waals surface area contributed by atoms with Crippen LogP contribution in [-0.4, -0.2) is 43.0 Å². The molecule has 0 aliphatic carbocycles. The monoisotopic (exact) mass is 397 g/mol. The number of nitrogens with zero attached hydrogens (tertiary/aromatic N) is 1. The van der Waals surface area contributed by atoms with Crippen LogP contribution in [0.25, 0.3) is 0 Å². The molecule has 2 aromatic carbocycles. The lowest BCUT2D eigenvalue weighted by atomic mass is 9.90. The fourth-order valence-electron chi connectivity index (χ4n) is 3.81. The van der Waals surface area contributed by atoms with E-state index in [0.717, 1.165) is 43.6 Å². The molecule has 2 N–H and O–H groups in total. The van der Waals surface area contributed by atoms with E-state index < -0.39 is 0 Å². The fourth-order valence-corrected chi connectivity index (χ4v) is 3.81. The van der Waals surface area contributed by atoms with Crippen LogP contribution in [0.1, 0.15) is 18.4 Å². The first-order chi connectivity index (χ1) is 14.1. The lowest BCUT2D eigenvalue weighted by molar-refractivity contribution is -0.130. The molecule has 0 bridgehead atoms. The molecule has 1 saturated heterocycles. The van der Waals surface area contributed by atoms with E-state index in [4.69, 9.17) is 4.74 Å².